The fourth-order valence-electron chi connectivity index (χ4n) is 2.31. The standard InChI is InChI=1S/C19H24N4O2/c1-3-4-5-10-21-18-11-15(12-20-13-18)19(25)23-17-8-6-16(7-9-17)22-14(2)24/h6-9,11-13,21H,3-5,10H2,1-2H3,(H,22,24)(H,23,25). The van der Waals surface area contributed by atoms with Gasteiger partial charge in [-0.05, 0) is 36.8 Å². The van der Waals surface area contributed by atoms with Gasteiger partial charge in [0.25, 0.3) is 5.91 Å². The molecule has 0 fully saturated rings. The highest BCUT2D eigenvalue weighted by Gasteiger charge is 2.08. The van der Waals surface area contributed by atoms with Gasteiger partial charge in [0.2, 0.25) is 5.91 Å². The Kier molecular flexibility index (Phi) is 6.95. The zero-order valence-electron chi connectivity index (χ0n) is 14.6. The molecule has 132 valence electrons. The molecule has 0 saturated carbocycles. The Morgan fingerprint density at radius 3 is 2.28 bits per heavy atom. The van der Waals surface area contributed by atoms with Gasteiger partial charge < -0.3 is 16.0 Å². The van der Waals surface area contributed by atoms with Gasteiger partial charge in [-0.3, -0.25) is 14.6 Å². The lowest BCUT2D eigenvalue weighted by molar-refractivity contribution is -0.114. The van der Waals surface area contributed by atoms with Crippen LogP contribution in [0, 0.1) is 0 Å². The highest BCUT2D eigenvalue weighted by molar-refractivity contribution is 6.04. The van der Waals surface area contributed by atoms with Crippen LogP contribution in [0.5, 0.6) is 0 Å². The zero-order valence-corrected chi connectivity index (χ0v) is 14.6. The Labute approximate surface area is 148 Å². The molecule has 0 atom stereocenters. The molecule has 0 aliphatic heterocycles. The van der Waals surface area contributed by atoms with Gasteiger partial charge in [-0.1, -0.05) is 19.8 Å². The second-order valence-electron chi connectivity index (χ2n) is 5.81. The Hall–Kier alpha value is -2.89. The van der Waals surface area contributed by atoms with E-state index in [1.54, 1.807) is 36.5 Å². The van der Waals surface area contributed by atoms with E-state index in [2.05, 4.69) is 27.9 Å². The molecule has 6 nitrogen and oxygen atoms in total. The number of anilines is 3. The highest BCUT2D eigenvalue weighted by atomic mass is 16.2. The lowest BCUT2D eigenvalue weighted by atomic mass is 10.2. The second kappa shape index (κ2) is 9.42. The van der Waals surface area contributed by atoms with Crippen LogP contribution in [-0.2, 0) is 4.79 Å². The molecular weight excluding hydrogens is 316 g/mol. The zero-order chi connectivity index (χ0) is 18.1. The van der Waals surface area contributed by atoms with Gasteiger partial charge >= 0.3 is 0 Å². The fraction of sp³-hybridized carbons (Fsp3) is 0.316. The van der Waals surface area contributed by atoms with Crippen LogP contribution < -0.4 is 16.0 Å². The van der Waals surface area contributed by atoms with Crippen LogP contribution in [-0.4, -0.2) is 23.3 Å². The van der Waals surface area contributed by atoms with Gasteiger partial charge in [0, 0.05) is 37.2 Å². The predicted octanol–water partition coefficient (Wildman–Crippen LogP) is 3.89. The first kappa shape index (κ1) is 18.4. The van der Waals surface area contributed by atoms with Crippen LogP contribution in [0.15, 0.2) is 42.7 Å². The molecule has 0 spiro atoms. The molecule has 2 amide bonds. The summed E-state index contributed by atoms with van der Waals surface area (Å²) in [6.45, 7) is 4.48. The Bertz CT molecular complexity index is 714. The molecule has 1 aromatic carbocycles. The van der Waals surface area contributed by atoms with Gasteiger partial charge in [0.1, 0.15) is 0 Å². The van der Waals surface area contributed by atoms with Gasteiger partial charge in [-0.2, -0.15) is 0 Å². The Morgan fingerprint density at radius 1 is 0.960 bits per heavy atom. The minimum absolute atomic E-state index is 0.133. The van der Waals surface area contributed by atoms with E-state index in [-0.39, 0.29) is 11.8 Å². The normalized spacial score (nSPS) is 10.2. The first-order chi connectivity index (χ1) is 12.1. The number of hydrogen-bond donors (Lipinski definition) is 3. The molecule has 0 bridgehead atoms. The van der Waals surface area contributed by atoms with E-state index < -0.39 is 0 Å². The number of nitrogens with zero attached hydrogens (tertiary/aromatic N) is 1. The fourth-order valence-corrected chi connectivity index (χ4v) is 2.31. The summed E-state index contributed by atoms with van der Waals surface area (Å²) in [6, 6.07) is 8.74. The minimum atomic E-state index is -0.225. The SMILES string of the molecule is CCCCCNc1cncc(C(=O)Nc2ccc(NC(C)=O)cc2)c1. The van der Waals surface area contributed by atoms with Crippen molar-refractivity contribution in [2.24, 2.45) is 0 Å². The summed E-state index contributed by atoms with van der Waals surface area (Å²) < 4.78 is 0. The Morgan fingerprint density at radius 2 is 1.64 bits per heavy atom. The van der Waals surface area contributed by atoms with Crippen LogP contribution in [0.1, 0.15) is 43.5 Å². The topological polar surface area (TPSA) is 83.1 Å². The predicted molar refractivity (Wildman–Crippen MR) is 101 cm³/mol. The minimum Gasteiger partial charge on any atom is -0.384 e. The number of benzene rings is 1. The summed E-state index contributed by atoms with van der Waals surface area (Å²) in [6.07, 6.45) is 6.69. The molecular formula is C19H24N4O2. The average molecular weight is 340 g/mol. The Balaban J connectivity index is 1.94. The van der Waals surface area contributed by atoms with Crippen molar-refractivity contribution in [3.05, 3.63) is 48.3 Å². The largest absolute Gasteiger partial charge is 0.384 e. The number of pyridine rings is 1. The molecule has 3 N–H and O–H groups in total. The van der Waals surface area contributed by atoms with Crippen molar-refractivity contribution in [3.63, 3.8) is 0 Å². The molecule has 2 aromatic rings. The first-order valence-corrected chi connectivity index (χ1v) is 8.46. The van der Waals surface area contributed by atoms with Crippen LogP contribution in [0.4, 0.5) is 17.1 Å². The van der Waals surface area contributed by atoms with Crippen molar-refractivity contribution < 1.29 is 9.59 Å². The van der Waals surface area contributed by atoms with E-state index >= 15 is 0 Å². The van der Waals surface area contributed by atoms with Crippen LogP contribution in [0.3, 0.4) is 0 Å². The maximum absolute atomic E-state index is 12.4. The van der Waals surface area contributed by atoms with E-state index in [1.807, 2.05) is 0 Å². The molecule has 2 rings (SSSR count). The summed E-state index contributed by atoms with van der Waals surface area (Å²) in [4.78, 5) is 27.5. The van der Waals surface area contributed by atoms with Crippen LogP contribution in [0.25, 0.3) is 0 Å². The number of carbonyl (C=O) groups is 2. The third-order valence-corrected chi connectivity index (χ3v) is 3.57. The van der Waals surface area contributed by atoms with Gasteiger partial charge in [-0.25, -0.2) is 0 Å². The number of amides is 2. The highest BCUT2D eigenvalue weighted by Crippen LogP contribution is 2.15. The van der Waals surface area contributed by atoms with Crippen molar-refractivity contribution in [2.75, 3.05) is 22.5 Å². The molecule has 1 heterocycles. The lowest BCUT2D eigenvalue weighted by Crippen LogP contribution is -2.13. The van der Waals surface area contributed by atoms with E-state index in [0.717, 1.165) is 18.7 Å². The summed E-state index contributed by atoms with van der Waals surface area (Å²) in [7, 11) is 0. The number of nitrogens with one attached hydrogen (secondary N) is 3. The van der Waals surface area contributed by atoms with Gasteiger partial charge in [0.15, 0.2) is 0 Å². The summed E-state index contributed by atoms with van der Waals surface area (Å²) in [5.74, 6) is -0.358. The molecule has 0 aliphatic rings. The molecule has 0 saturated heterocycles. The first-order valence-electron chi connectivity index (χ1n) is 8.46. The average Bonchev–Trinajstić information content (AvgIpc) is 2.60. The van der Waals surface area contributed by atoms with Crippen molar-refractivity contribution >= 4 is 28.9 Å². The summed E-state index contributed by atoms with van der Waals surface area (Å²) in [5, 5.41) is 8.79. The maximum Gasteiger partial charge on any atom is 0.257 e. The third-order valence-electron chi connectivity index (χ3n) is 3.57. The maximum atomic E-state index is 12.4. The number of carbonyl (C=O) groups excluding carboxylic acids is 2. The molecule has 0 aliphatic carbocycles. The molecule has 25 heavy (non-hydrogen) atoms. The second-order valence-corrected chi connectivity index (χ2v) is 5.81. The summed E-state index contributed by atoms with van der Waals surface area (Å²) in [5.41, 5.74) is 2.67. The number of hydrogen-bond acceptors (Lipinski definition) is 4. The third kappa shape index (κ3) is 6.25. The monoisotopic (exact) mass is 340 g/mol. The molecule has 6 heteroatoms. The van der Waals surface area contributed by atoms with E-state index in [1.165, 1.54) is 26.0 Å². The molecule has 0 radical (unpaired) electrons. The van der Waals surface area contributed by atoms with Gasteiger partial charge in [0.05, 0.1) is 11.3 Å². The van der Waals surface area contributed by atoms with Crippen molar-refractivity contribution in [2.45, 2.75) is 33.1 Å². The molecule has 1 aromatic heterocycles. The number of aromatic nitrogens is 1. The van der Waals surface area contributed by atoms with E-state index in [4.69, 9.17) is 0 Å². The van der Waals surface area contributed by atoms with E-state index in [0.29, 0.717) is 16.9 Å². The van der Waals surface area contributed by atoms with Crippen LogP contribution >= 0.6 is 0 Å². The van der Waals surface area contributed by atoms with E-state index in [9.17, 15) is 9.59 Å². The van der Waals surface area contributed by atoms with Crippen molar-refractivity contribution in [1.82, 2.24) is 4.98 Å². The lowest BCUT2D eigenvalue weighted by Gasteiger charge is -2.09. The molecule has 0 unspecified atom stereocenters. The van der Waals surface area contributed by atoms with Crippen LogP contribution in [0.2, 0.25) is 0 Å². The number of unbranched alkanes of at least 4 members (excludes halogenated alkanes) is 2. The number of rotatable bonds is 8. The quantitative estimate of drug-likeness (QED) is 0.637. The van der Waals surface area contributed by atoms with Crippen molar-refractivity contribution in [3.8, 4) is 0 Å². The van der Waals surface area contributed by atoms with Crippen molar-refractivity contribution in [1.29, 1.82) is 0 Å². The summed E-state index contributed by atoms with van der Waals surface area (Å²) >= 11 is 0. The van der Waals surface area contributed by atoms with Gasteiger partial charge in [-0.15, -0.1) is 0 Å². The smallest absolute Gasteiger partial charge is 0.257 e.